The van der Waals surface area contributed by atoms with E-state index in [2.05, 4.69) is 0 Å². The third-order valence-electron chi connectivity index (χ3n) is 4.77. The highest BCUT2D eigenvalue weighted by Gasteiger charge is 2.50. The van der Waals surface area contributed by atoms with E-state index in [9.17, 15) is 13.2 Å². The Morgan fingerprint density at radius 1 is 1.26 bits per heavy atom. The molecule has 23 heavy (non-hydrogen) atoms. The number of hydrogen-bond acceptors (Lipinski definition) is 4. The lowest BCUT2D eigenvalue weighted by Crippen LogP contribution is -2.61. The molecule has 124 valence electrons. The molecule has 0 radical (unpaired) electrons. The molecule has 0 saturated carbocycles. The van der Waals surface area contributed by atoms with E-state index < -0.39 is 27.2 Å². The molecule has 4 rings (SSSR count). The highest BCUT2D eigenvalue weighted by Crippen LogP contribution is 2.40. The number of amides is 1. The van der Waals surface area contributed by atoms with Crippen LogP contribution in [0, 0.1) is 5.92 Å². The Bertz CT molecular complexity index is 713. The molecule has 1 saturated heterocycles. The Labute approximate surface area is 136 Å². The Hall–Kier alpha value is -1.82. The first kappa shape index (κ1) is 16.1. The van der Waals surface area contributed by atoms with Crippen LogP contribution >= 0.6 is 0 Å². The Morgan fingerprint density at radius 3 is 2.61 bits per heavy atom. The van der Waals surface area contributed by atoms with Crippen molar-refractivity contribution in [2.24, 2.45) is 5.92 Å². The molecule has 2 heterocycles. The summed E-state index contributed by atoms with van der Waals surface area (Å²) in [6.07, 6.45) is 3.97. The number of benzene rings is 1. The van der Waals surface area contributed by atoms with Crippen molar-refractivity contribution >= 4 is 15.9 Å². The summed E-state index contributed by atoms with van der Waals surface area (Å²) >= 11 is 0. The molecule has 3 aliphatic rings. The zero-order valence-electron chi connectivity index (χ0n) is 13.3. The van der Waals surface area contributed by atoms with Crippen molar-refractivity contribution in [3.8, 4) is 0 Å². The van der Waals surface area contributed by atoms with Crippen molar-refractivity contribution in [2.45, 2.75) is 42.5 Å². The van der Waals surface area contributed by atoms with Gasteiger partial charge in [-0.15, -0.1) is 0 Å². The monoisotopic (exact) mass is 335 g/mol. The third kappa shape index (κ3) is 2.65. The van der Waals surface area contributed by atoms with E-state index in [1.807, 2.05) is 19.1 Å². The van der Waals surface area contributed by atoms with Crippen LogP contribution < -0.4 is 0 Å². The topological polar surface area (TPSA) is 63.7 Å². The molecule has 5 nitrogen and oxygen atoms in total. The fourth-order valence-corrected chi connectivity index (χ4v) is 5.51. The van der Waals surface area contributed by atoms with Crippen LogP contribution in [0.3, 0.4) is 0 Å². The van der Waals surface area contributed by atoms with Crippen molar-refractivity contribution in [1.82, 2.24) is 4.90 Å². The number of hydrogen-bond donors (Lipinski definition) is 0. The lowest BCUT2D eigenvalue weighted by atomic mass is 9.80. The zero-order valence-corrected chi connectivity index (χ0v) is 14.1. The lowest BCUT2D eigenvalue weighted by molar-refractivity contribution is 0.0470. The van der Waals surface area contributed by atoms with Crippen molar-refractivity contribution in [1.29, 1.82) is 0 Å². The number of fused-ring (bicyclic) bond motifs is 2. The predicted octanol–water partition coefficient (Wildman–Crippen LogP) is 2.63. The van der Waals surface area contributed by atoms with Gasteiger partial charge >= 0.3 is 6.09 Å². The van der Waals surface area contributed by atoms with Crippen molar-refractivity contribution in [3.05, 3.63) is 42.5 Å². The van der Waals surface area contributed by atoms with Gasteiger partial charge in [0, 0.05) is 6.04 Å². The Balaban J connectivity index is 1.96. The molecule has 0 N–H and O–H groups in total. The van der Waals surface area contributed by atoms with Crippen LogP contribution in [0.1, 0.15) is 20.3 Å². The molecular weight excluding hydrogens is 314 g/mol. The van der Waals surface area contributed by atoms with Crippen LogP contribution in [0.4, 0.5) is 4.79 Å². The van der Waals surface area contributed by atoms with Gasteiger partial charge in [0.2, 0.25) is 0 Å². The van der Waals surface area contributed by atoms with Gasteiger partial charge in [0.05, 0.1) is 22.8 Å². The molecule has 1 aromatic rings. The predicted molar refractivity (Wildman–Crippen MR) is 86.8 cm³/mol. The first-order valence-electron chi connectivity index (χ1n) is 7.89. The zero-order chi connectivity index (χ0) is 16.6. The van der Waals surface area contributed by atoms with Gasteiger partial charge in [-0.3, -0.25) is 4.90 Å². The molecule has 1 aliphatic carbocycles. The van der Waals surface area contributed by atoms with Crippen LogP contribution in [0.15, 0.2) is 47.4 Å². The van der Waals surface area contributed by atoms with E-state index in [-0.39, 0.29) is 18.6 Å². The molecule has 4 unspecified atom stereocenters. The van der Waals surface area contributed by atoms with Gasteiger partial charge in [0.25, 0.3) is 0 Å². The molecule has 1 fully saturated rings. The fraction of sp³-hybridized carbons (Fsp3) is 0.471. The summed E-state index contributed by atoms with van der Waals surface area (Å²) in [6.45, 7) is 3.97. The molecule has 1 amide bonds. The van der Waals surface area contributed by atoms with E-state index in [0.717, 1.165) is 0 Å². The second-order valence-electron chi connectivity index (χ2n) is 6.02. The summed E-state index contributed by atoms with van der Waals surface area (Å²) in [5, 5.41) is -0.625. The standard InChI is InChI=1S/C17H21NO4S/c1-3-22-17(19)18-12(2)13-9-10-15(18)16(11-13)23(20,21)14-7-5-4-6-8-14/h4-10,12-13,15-16H,3,11H2,1-2H3. The Kier molecular flexibility index (Phi) is 4.19. The second-order valence-corrected chi connectivity index (χ2v) is 8.19. The van der Waals surface area contributed by atoms with Crippen LogP contribution in [0.2, 0.25) is 0 Å². The smallest absolute Gasteiger partial charge is 0.410 e. The molecule has 0 spiro atoms. The SMILES string of the molecule is CCOC(=O)N1C(C)C2C=CC1C(S(=O)(=O)c1ccccc1)C2. The number of piperidine rings is 1. The van der Waals surface area contributed by atoms with E-state index in [1.165, 1.54) is 0 Å². The van der Waals surface area contributed by atoms with Gasteiger partial charge in [0.15, 0.2) is 9.84 Å². The summed E-state index contributed by atoms with van der Waals surface area (Å²) < 4.78 is 31.1. The van der Waals surface area contributed by atoms with Crippen LogP contribution in [0.5, 0.6) is 0 Å². The second kappa shape index (κ2) is 6.00. The number of carbonyl (C=O) groups is 1. The minimum atomic E-state index is -3.50. The highest BCUT2D eigenvalue weighted by atomic mass is 32.2. The summed E-state index contributed by atoms with van der Waals surface area (Å²) in [5.41, 5.74) is 0. The molecule has 4 atom stereocenters. The van der Waals surface area contributed by atoms with Crippen molar-refractivity contribution in [2.75, 3.05) is 6.61 Å². The summed E-state index contributed by atoms with van der Waals surface area (Å²) in [6, 6.07) is 7.92. The number of rotatable bonds is 3. The van der Waals surface area contributed by atoms with Gasteiger partial charge in [-0.05, 0) is 38.3 Å². The number of sulfone groups is 1. The van der Waals surface area contributed by atoms with Crippen LogP contribution in [-0.4, -0.2) is 43.4 Å². The third-order valence-corrected chi connectivity index (χ3v) is 6.97. The van der Waals surface area contributed by atoms with Crippen LogP contribution in [0.25, 0.3) is 0 Å². The average Bonchev–Trinajstić information content (AvgIpc) is 2.56. The van der Waals surface area contributed by atoms with E-state index in [0.29, 0.717) is 11.3 Å². The van der Waals surface area contributed by atoms with E-state index in [1.54, 1.807) is 42.2 Å². The molecule has 6 heteroatoms. The van der Waals surface area contributed by atoms with Gasteiger partial charge in [-0.2, -0.15) is 0 Å². The maximum Gasteiger partial charge on any atom is 0.410 e. The molecule has 1 aromatic carbocycles. The maximum absolute atomic E-state index is 13.0. The van der Waals surface area contributed by atoms with Gasteiger partial charge < -0.3 is 4.74 Å². The molecular formula is C17H21NO4S. The van der Waals surface area contributed by atoms with Crippen molar-refractivity contribution < 1.29 is 17.9 Å². The maximum atomic E-state index is 13.0. The van der Waals surface area contributed by atoms with Gasteiger partial charge in [0.1, 0.15) is 0 Å². The van der Waals surface area contributed by atoms with E-state index >= 15 is 0 Å². The summed E-state index contributed by atoms with van der Waals surface area (Å²) in [5.74, 6) is 0.0351. The minimum Gasteiger partial charge on any atom is -0.450 e. The fourth-order valence-electron chi connectivity index (χ4n) is 3.56. The first-order valence-corrected chi connectivity index (χ1v) is 9.43. The summed E-state index contributed by atoms with van der Waals surface area (Å²) in [4.78, 5) is 14.2. The average molecular weight is 335 g/mol. The molecule has 2 aliphatic heterocycles. The van der Waals surface area contributed by atoms with Gasteiger partial charge in [-0.25, -0.2) is 13.2 Å². The number of nitrogens with zero attached hydrogens (tertiary/aromatic N) is 1. The van der Waals surface area contributed by atoms with Gasteiger partial charge in [-0.1, -0.05) is 30.4 Å². The largest absolute Gasteiger partial charge is 0.450 e. The highest BCUT2D eigenvalue weighted by molar-refractivity contribution is 7.92. The van der Waals surface area contributed by atoms with E-state index in [4.69, 9.17) is 4.74 Å². The molecule has 0 aromatic heterocycles. The first-order chi connectivity index (χ1) is 11.0. The summed E-state index contributed by atoms with van der Waals surface area (Å²) in [7, 11) is -3.50. The normalized spacial score (nSPS) is 29.6. The number of carbonyl (C=O) groups excluding carboxylic acids is 1. The quantitative estimate of drug-likeness (QED) is 0.797. The molecule has 2 bridgehead atoms. The number of ether oxygens (including phenoxy) is 1. The Morgan fingerprint density at radius 2 is 1.96 bits per heavy atom. The lowest BCUT2D eigenvalue weighted by Gasteiger charge is -2.49. The van der Waals surface area contributed by atoms with Crippen molar-refractivity contribution in [3.63, 3.8) is 0 Å². The van der Waals surface area contributed by atoms with Crippen LogP contribution in [-0.2, 0) is 14.6 Å². The minimum absolute atomic E-state index is 0.0351.